The molecule has 3 atom stereocenters. The van der Waals surface area contributed by atoms with E-state index < -0.39 is 5.97 Å². The average molecular weight is 269 g/mol. The molecule has 0 spiro atoms. The summed E-state index contributed by atoms with van der Waals surface area (Å²) in [5.41, 5.74) is 0.310. The Morgan fingerprint density at radius 3 is 2.37 bits per heavy atom. The molecule has 0 heterocycles. The monoisotopic (exact) mass is 269 g/mol. The molecule has 1 rings (SSSR count). The van der Waals surface area contributed by atoms with Gasteiger partial charge in [-0.3, -0.25) is 9.69 Å². The van der Waals surface area contributed by atoms with Crippen molar-refractivity contribution in [2.75, 3.05) is 13.1 Å². The third-order valence-corrected chi connectivity index (χ3v) is 4.65. The molecule has 0 aliphatic heterocycles. The fourth-order valence-electron chi connectivity index (χ4n) is 3.49. The van der Waals surface area contributed by atoms with Gasteiger partial charge in [0.2, 0.25) is 0 Å². The van der Waals surface area contributed by atoms with Crippen LogP contribution in [0.2, 0.25) is 0 Å². The van der Waals surface area contributed by atoms with Crippen molar-refractivity contribution in [1.29, 1.82) is 0 Å². The Labute approximate surface area is 118 Å². The number of carboxylic acids is 1. The van der Waals surface area contributed by atoms with Crippen molar-refractivity contribution < 1.29 is 9.90 Å². The number of aliphatic carboxylic acids is 1. The van der Waals surface area contributed by atoms with Crippen LogP contribution < -0.4 is 0 Å². The van der Waals surface area contributed by atoms with Gasteiger partial charge in [-0.15, -0.1) is 0 Å². The van der Waals surface area contributed by atoms with Crippen LogP contribution in [0.3, 0.4) is 0 Å². The van der Waals surface area contributed by atoms with Gasteiger partial charge in [0.25, 0.3) is 0 Å². The second kappa shape index (κ2) is 6.74. The lowest BCUT2D eigenvalue weighted by Gasteiger charge is -2.46. The third-order valence-electron chi connectivity index (χ3n) is 4.65. The third kappa shape index (κ3) is 4.48. The Kier molecular flexibility index (Phi) is 5.84. The molecule has 0 aromatic rings. The molecule has 1 saturated carbocycles. The standard InChI is InChI=1S/C16H31NO2/c1-6-17(11-12(2)15(18)19)14-10-8-7-9-13(14)16(3,4)5/h12-14H,6-11H2,1-5H3,(H,18,19). The van der Waals surface area contributed by atoms with E-state index in [0.29, 0.717) is 23.9 Å². The highest BCUT2D eigenvalue weighted by atomic mass is 16.4. The Hall–Kier alpha value is -0.570. The zero-order chi connectivity index (χ0) is 14.6. The first-order valence-corrected chi connectivity index (χ1v) is 7.74. The van der Waals surface area contributed by atoms with E-state index in [1.807, 2.05) is 6.92 Å². The number of hydrogen-bond acceptors (Lipinski definition) is 2. The summed E-state index contributed by atoms with van der Waals surface area (Å²) in [6.07, 6.45) is 5.12. The van der Waals surface area contributed by atoms with Gasteiger partial charge in [-0.05, 0) is 30.7 Å². The maximum Gasteiger partial charge on any atom is 0.307 e. The second-order valence-corrected chi connectivity index (χ2v) is 7.15. The lowest BCUT2D eigenvalue weighted by atomic mass is 9.69. The fourth-order valence-corrected chi connectivity index (χ4v) is 3.49. The van der Waals surface area contributed by atoms with Crippen molar-refractivity contribution in [3.63, 3.8) is 0 Å². The van der Waals surface area contributed by atoms with Crippen molar-refractivity contribution in [3.8, 4) is 0 Å². The second-order valence-electron chi connectivity index (χ2n) is 7.15. The molecule has 0 bridgehead atoms. The van der Waals surface area contributed by atoms with Crippen LogP contribution in [0, 0.1) is 17.3 Å². The summed E-state index contributed by atoms with van der Waals surface area (Å²) in [6, 6.07) is 0.556. The summed E-state index contributed by atoms with van der Waals surface area (Å²) in [5, 5.41) is 9.12. The number of hydrogen-bond donors (Lipinski definition) is 1. The minimum atomic E-state index is -0.679. The lowest BCUT2D eigenvalue weighted by molar-refractivity contribution is -0.142. The molecule has 1 aliphatic carbocycles. The van der Waals surface area contributed by atoms with Crippen molar-refractivity contribution in [2.24, 2.45) is 17.3 Å². The molecule has 3 unspecified atom stereocenters. The Morgan fingerprint density at radius 2 is 1.89 bits per heavy atom. The maximum atomic E-state index is 11.1. The van der Waals surface area contributed by atoms with Crippen molar-refractivity contribution in [3.05, 3.63) is 0 Å². The first-order chi connectivity index (χ1) is 8.77. The topological polar surface area (TPSA) is 40.5 Å². The van der Waals surface area contributed by atoms with E-state index in [1.165, 1.54) is 25.7 Å². The van der Waals surface area contributed by atoms with Gasteiger partial charge in [-0.2, -0.15) is 0 Å². The summed E-state index contributed by atoms with van der Waals surface area (Å²) in [7, 11) is 0. The summed E-state index contributed by atoms with van der Waals surface area (Å²) in [4.78, 5) is 13.5. The van der Waals surface area contributed by atoms with Crippen LogP contribution >= 0.6 is 0 Å². The predicted octanol–water partition coefficient (Wildman–Crippen LogP) is 3.63. The summed E-state index contributed by atoms with van der Waals surface area (Å²) < 4.78 is 0. The zero-order valence-electron chi connectivity index (χ0n) is 13.3. The highest BCUT2D eigenvalue weighted by Gasteiger charge is 2.37. The normalized spacial score (nSPS) is 26.4. The predicted molar refractivity (Wildman–Crippen MR) is 79.2 cm³/mol. The molecular weight excluding hydrogens is 238 g/mol. The van der Waals surface area contributed by atoms with E-state index >= 15 is 0 Å². The quantitative estimate of drug-likeness (QED) is 0.828. The zero-order valence-corrected chi connectivity index (χ0v) is 13.3. The summed E-state index contributed by atoms with van der Waals surface area (Å²) in [6.45, 7) is 12.6. The highest BCUT2D eigenvalue weighted by Crippen LogP contribution is 2.40. The van der Waals surface area contributed by atoms with Crippen LogP contribution in [0.1, 0.15) is 60.3 Å². The van der Waals surface area contributed by atoms with Crippen molar-refractivity contribution in [2.45, 2.75) is 66.3 Å². The molecule has 112 valence electrons. The smallest absolute Gasteiger partial charge is 0.307 e. The van der Waals surface area contributed by atoms with E-state index in [9.17, 15) is 4.79 Å². The lowest BCUT2D eigenvalue weighted by Crippen LogP contribution is -2.48. The van der Waals surface area contributed by atoms with Gasteiger partial charge in [-0.1, -0.05) is 47.5 Å². The molecular formula is C16H31NO2. The Balaban J connectivity index is 2.78. The molecule has 0 saturated heterocycles. The fraction of sp³-hybridized carbons (Fsp3) is 0.938. The average Bonchev–Trinajstić information content (AvgIpc) is 2.34. The van der Waals surface area contributed by atoms with Crippen molar-refractivity contribution >= 4 is 5.97 Å². The molecule has 1 N–H and O–H groups in total. The number of rotatable bonds is 5. The van der Waals surface area contributed by atoms with Gasteiger partial charge in [-0.25, -0.2) is 0 Å². The van der Waals surface area contributed by atoms with Gasteiger partial charge < -0.3 is 5.11 Å². The maximum absolute atomic E-state index is 11.1. The molecule has 0 amide bonds. The molecule has 19 heavy (non-hydrogen) atoms. The van der Waals surface area contributed by atoms with Gasteiger partial charge in [0.05, 0.1) is 5.92 Å². The summed E-state index contributed by atoms with van der Waals surface area (Å²) >= 11 is 0. The first-order valence-electron chi connectivity index (χ1n) is 7.74. The number of nitrogens with zero attached hydrogens (tertiary/aromatic N) is 1. The molecule has 0 aromatic heterocycles. The minimum absolute atomic E-state index is 0.275. The molecule has 1 fully saturated rings. The molecule has 0 aromatic carbocycles. The Morgan fingerprint density at radius 1 is 1.32 bits per heavy atom. The molecule has 1 aliphatic rings. The van der Waals surface area contributed by atoms with E-state index in [2.05, 4.69) is 32.6 Å². The molecule has 0 radical (unpaired) electrons. The number of carboxylic acid groups (broad SMARTS) is 1. The van der Waals surface area contributed by atoms with Crippen LogP contribution in [0.25, 0.3) is 0 Å². The van der Waals surface area contributed by atoms with Gasteiger partial charge in [0, 0.05) is 12.6 Å². The largest absolute Gasteiger partial charge is 0.481 e. The van der Waals surface area contributed by atoms with Crippen LogP contribution in [0.4, 0.5) is 0 Å². The summed E-state index contributed by atoms with van der Waals surface area (Å²) in [5.74, 6) is -0.272. The van der Waals surface area contributed by atoms with E-state index in [4.69, 9.17) is 5.11 Å². The SMILES string of the molecule is CCN(CC(C)C(=O)O)C1CCCCC1C(C)(C)C. The van der Waals surface area contributed by atoms with E-state index in [0.717, 1.165) is 6.54 Å². The van der Waals surface area contributed by atoms with Crippen LogP contribution in [-0.4, -0.2) is 35.1 Å². The van der Waals surface area contributed by atoms with Gasteiger partial charge in [0.15, 0.2) is 0 Å². The van der Waals surface area contributed by atoms with E-state index in [1.54, 1.807) is 0 Å². The van der Waals surface area contributed by atoms with Crippen LogP contribution in [-0.2, 0) is 4.79 Å². The highest BCUT2D eigenvalue weighted by molar-refractivity contribution is 5.69. The molecule has 3 heteroatoms. The number of carbonyl (C=O) groups is 1. The minimum Gasteiger partial charge on any atom is -0.481 e. The van der Waals surface area contributed by atoms with Gasteiger partial charge >= 0.3 is 5.97 Å². The van der Waals surface area contributed by atoms with Crippen LogP contribution in [0.15, 0.2) is 0 Å². The van der Waals surface area contributed by atoms with E-state index in [-0.39, 0.29) is 5.92 Å². The Bertz CT molecular complexity index is 296. The molecule has 3 nitrogen and oxygen atoms in total. The van der Waals surface area contributed by atoms with Crippen LogP contribution in [0.5, 0.6) is 0 Å². The van der Waals surface area contributed by atoms with Crippen molar-refractivity contribution in [1.82, 2.24) is 4.90 Å². The first kappa shape index (κ1) is 16.5. The van der Waals surface area contributed by atoms with Gasteiger partial charge in [0.1, 0.15) is 0 Å².